The topological polar surface area (TPSA) is 55.8 Å². The van der Waals surface area contributed by atoms with Crippen LogP contribution in [0.3, 0.4) is 0 Å². The Morgan fingerprint density at radius 1 is 1.03 bits per heavy atom. The molecular formula is C31H44O4. The van der Waals surface area contributed by atoms with Crippen LogP contribution in [0.15, 0.2) is 35.9 Å². The van der Waals surface area contributed by atoms with Crippen LogP contribution in [0.4, 0.5) is 0 Å². The van der Waals surface area contributed by atoms with Gasteiger partial charge < -0.3 is 14.6 Å². The molecule has 0 aromatic heterocycles. The smallest absolute Gasteiger partial charge is 0.169 e. The number of aliphatic hydroxyl groups is 1. The fourth-order valence-electron chi connectivity index (χ4n) is 8.80. The summed E-state index contributed by atoms with van der Waals surface area (Å²) in [7, 11) is 0. The summed E-state index contributed by atoms with van der Waals surface area (Å²) in [5, 5.41) is 11.4. The van der Waals surface area contributed by atoms with Gasteiger partial charge in [-0.15, -0.1) is 0 Å². The third-order valence-electron chi connectivity index (χ3n) is 10.8. The van der Waals surface area contributed by atoms with Gasteiger partial charge in [0.2, 0.25) is 0 Å². The van der Waals surface area contributed by atoms with Crippen LogP contribution in [0.25, 0.3) is 0 Å². The Morgan fingerprint density at radius 2 is 1.74 bits per heavy atom. The van der Waals surface area contributed by atoms with Crippen LogP contribution < -0.4 is 0 Å². The molecule has 0 bridgehead atoms. The number of hydrogen-bond donors (Lipinski definition) is 1. The third-order valence-corrected chi connectivity index (χ3v) is 10.8. The molecule has 0 amide bonds. The van der Waals surface area contributed by atoms with E-state index in [1.807, 2.05) is 6.92 Å². The van der Waals surface area contributed by atoms with Gasteiger partial charge in [0.05, 0.1) is 6.61 Å². The second-order valence-electron chi connectivity index (χ2n) is 12.5. The number of hydrogen-bond acceptors (Lipinski definition) is 4. The lowest BCUT2D eigenvalue weighted by Gasteiger charge is -2.60. The molecule has 1 N–H and O–H groups in total. The Balaban J connectivity index is 1.35. The van der Waals surface area contributed by atoms with Crippen molar-refractivity contribution in [1.82, 2.24) is 0 Å². The first-order chi connectivity index (χ1) is 16.6. The Hall–Kier alpha value is -1.49. The molecule has 1 aromatic rings. The zero-order valence-corrected chi connectivity index (χ0v) is 22.4. The van der Waals surface area contributed by atoms with Gasteiger partial charge in [0.25, 0.3) is 0 Å². The van der Waals surface area contributed by atoms with Crippen LogP contribution in [-0.2, 0) is 20.9 Å². The lowest BCUT2D eigenvalue weighted by molar-refractivity contribution is -0.232. The highest BCUT2D eigenvalue weighted by Gasteiger charge is 2.66. The lowest BCUT2D eigenvalue weighted by Crippen LogP contribution is -2.58. The summed E-state index contributed by atoms with van der Waals surface area (Å²) in [6.07, 6.45) is 9.85. The zero-order chi connectivity index (χ0) is 25.1. The molecule has 4 aliphatic rings. The van der Waals surface area contributed by atoms with Crippen molar-refractivity contribution in [2.75, 3.05) is 6.61 Å². The van der Waals surface area contributed by atoms with Crippen molar-refractivity contribution < 1.29 is 19.4 Å². The summed E-state index contributed by atoms with van der Waals surface area (Å²) >= 11 is 0. The minimum atomic E-state index is -1.08. The second kappa shape index (κ2) is 8.82. The Labute approximate surface area is 211 Å². The van der Waals surface area contributed by atoms with E-state index < -0.39 is 11.4 Å². The molecule has 0 spiro atoms. The van der Waals surface area contributed by atoms with Crippen molar-refractivity contribution >= 4 is 5.78 Å². The predicted octanol–water partition coefficient (Wildman–Crippen LogP) is 6.53. The zero-order valence-electron chi connectivity index (χ0n) is 22.4. The first-order valence-electron chi connectivity index (χ1n) is 13.8. The number of ketones is 1. The number of Topliss-reactive ketones (excluding diaryl/α,β-unsaturated/α-hetero) is 1. The Morgan fingerprint density at radius 3 is 2.43 bits per heavy atom. The lowest BCUT2D eigenvalue weighted by atomic mass is 9.46. The molecule has 1 unspecified atom stereocenters. The predicted molar refractivity (Wildman–Crippen MR) is 138 cm³/mol. The molecule has 5 rings (SSSR count). The van der Waals surface area contributed by atoms with Crippen LogP contribution >= 0.6 is 0 Å². The van der Waals surface area contributed by atoms with Crippen molar-refractivity contribution in [1.29, 1.82) is 0 Å². The largest absolute Gasteiger partial charge is 0.367 e. The van der Waals surface area contributed by atoms with E-state index in [-0.39, 0.29) is 16.6 Å². The van der Waals surface area contributed by atoms with Gasteiger partial charge in [0.15, 0.2) is 11.6 Å². The first-order valence-corrected chi connectivity index (χ1v) is 13.8. The summed E-state index contributed by atoms with van der Waals surface area (Å²) < 4.78 is 12.5. The molecule has 3 saturated carbocycles. The molecular weight excluding hydrogens is 436 g/mol. The number of aryl methyl sites for hydroxylation is 1. The minimum Gasteiger partial charge on any atom is -0.367 e. The van der Waals surface area contributed by atoms with Crippen LogP contribution in [0, 0.1) is 35.5 Å². The average molecular weight is 481 g/mol. The molecule has 4 heteroatoms. The average Bonchev–Trinajstić information content (AvgIpc) is 3.13. The monoisotopic (exact) mass is 480 g/mol. The van der Waals surface area contributed by atoms with Crippen molar-refractivity contribution in [2.24, 2.45) is 28.6 Å². The summed E-state index contributed by atoms with van der Waals surface area (Å²) in [5.74, 6) is 0.841. The molecule has 192 valence electrons. The van der Waals surface area contributed by atoms with Gasteiger partial charge in [-0.2, -0.15) is 0 Å². The molecule has 1 aromatic carbocycles. The van der Waals surface area contributed by atoms with Crippen LogP contribution in [0.1, 0.15) is 90.2 Å². The standard InChI is InChI=1S/C31H44O4/c1-6-34-31(22(3)32)16-14-27-25-12-11-24-19-30(33,35-20-23-9-7-21(2)8-10-23)18-17-28(24,4)26(25)13-15-29(27,31)5/h7-11,25-27,33H,6,12-20H2,1-5H3/t25-,26+,27+,28+,29+,30?,31+/m1/s1. The number of ether oxygens (including phenoxy) is 2. The number of rotatable bonds is 6. The van der Waals surface area contributed by atoms with Crippen LogP contribution in [0.2, 0.25) is 0 Å². The van der Waals surface area contributed by atoms with Gasteiger partial charge in [0, 0.05) is 24.9 Å². The normalized spacial score (nSPS) is 42.6. The van der Waals surface area contributed by atoms with Gasteiger partial charge in [0.1, 0.15) is 5.60 Å². The van der Waals surface area contributed by atoms with E-state index in [0.717, 1.165) is 44.1 Å². The van der Waals surface area contributed by atoms with Crippen LogP contribution in [0.5, 0.6) is 0 Å². The second-order valence-corrected chi connectivity index (χ2v) is 12.5. The van der Waals surface area contributed by atoms with E-state index >= 15 is 0 Å². The number of carbonyl (C=O) groups is 1. The molecule has 7 atom stereocenters. The van der Waals surface area contributed by atoms with Crippen molar-refractivity contribution in [2.45, 2.75) is 104 Å². The third kappa shape index (κ3) is 3.86. The van der Waals surface area contributed by atoms with Crippen molar-refractivity contribution in [3.05, 3.63) is 47.0 Å². The van der Waals surface area contributed by atoms with E-state index in [0.29, 0.717) is 43.8 Å². The Bertz CT molecular complexity index is 998. The summed E-state index contributed by atoms with van der Waals surface area (Å²) in [6.45, 7) is 11.7. The summed E-state index contributed by atoms with van der Waals surface area (Å²) in [4.78, 5) is 12.9. The van der Waals surface area contributed by atoms with Crippen LogP contribution in [-0.4, -0.2) is 28.9 Å². The van der Waals surface area contributed by atoms with E-state index in [1.54, 1.807) is 6.92 Å². The van der Waals surface area contributed by atoms with Crippen molar-refractivity contribution in [3.8, 4) is 0 Å². The van der Waals surface area contributed by atoms with E-state index in [1.165, 1.54) is 11.1 Å². The highest BCUT2D eigenvalue weighted by Crippen LogP contribution is 2.68. The van der Waals surface area contributed by atoms with Gasteiger partial charge in [-0.05, 0) is 88.0 Å². The summed E-state index contributed by atoms with van der Waals surface area (Å²) in [6, 6.07) is 8.35. The molecule has 35 heavy (non-hydrogen) atoms. The molecule has 4 nitrogen and oxygen atoms in total. The summed E-state index contributed by atoms with van der Waals surface area (Å²) in [5.41, 5.74) is 3.14. The SMILES string of the molecule is CCO[C@]1(C(C)=O)CC[C@H]2[C@@H]3CC=C4CC(O)(OCc5ccc(C)cc5)CC[C@]4(C)[C@H]3CC[C@@]21C. The molecule has 4 aliphatic carbocycles. The number of benzene rings is 1. The first kappa shape index (κ1) is 25.2. The molecule has 3 fully saturated rings. The molecule has 0 radical (unpaired) electrons. The molecule has 0 aliphatic heterocycles. The van der Waals surface area contributed by atoms with E-state index in [4.69, 9.17) is 9.47 Å². The number of fused-ring (bicyclic) bond motifs is 5. The highest BCUT2D eigenvalue weighted by molar-refractivity contribution is 5.86. The fraction of sp³-hybridized carbons (Fsp3) is 0.710. The Kier molecular flexibility index (Phi) is 6.34. The van der Waals surface area contributed by atoms with Crippen molar-refractivity contribution in [3.63, 3.8) is 0 Å². The molecule has 0 saturated heterocycles. The fourth-order valence-corrected chi connectivity index (χ4v) is 8.80. The van der Waals surface area contributed by atoms with Gasteiger partial charge in [-0.25, -0.2) is 0 Å². The maximum absolute atomic E-state index is 12.9. The van der Waals surface area contributed by atoms with E-state index in [2.05, 4.69) is 51.1 Å². The number of allylic oxidation sites excluding steroid dienone is 1. The highest BCUT2D eigenvalue weighted by atomic mass is 16.6. The maximum Gasteiger partial charge on any atom is 0.169 e. The quantitative estimate of drug-likeness (QED) is 0.372. The van der Waals surface area contributed by atoms with E-state index in [9.17, 15) is 9.90 Å². The number of carbonyl (C=O) groups excluding carboxylic acids is 1. The maximum atomic E-state index is 12.9. The van der Waals surface area contributed by atoms with Gasteiger partial charge in [-0.3, -0.25) is 4.79 Å². The van der Waals surface area contributed by atoms with Gasteiger partial charge in [-0.1, -0.05) is 55.3 Å². The molecule has 0 heterocycles. The minimum absolute atomic E-state index is 0.0791. The van der Waals surface area contributed by atoms with Gasteiger partial charge >= 0.3 is 0 Å².